The van der Waals surface area contributed by atoms with Crippen molar-refractivity contribution >= 4 is 29.4 Å². The number of ether oxygens (including phenoxy) is 3. The standard InChI is InChI=1S/C21H21ClO5/c1-13-5-7-16(14(2)9-13)18(23)12-27-20(24)8-6-15-10-17(22)21(26-4)19(11-15)25-3/h5-11H,12H2,1-4H3/b8-6+. The predicted octanol–water partition coefficient (Wildman–Crippen LogP) is 4.41. The molecule has 0 aromatic heterocycles. The van der Waals surface area contributed by atoms with Crippen LogP contribution in [-0.2, 0) is 9.53 Å². The van der Waals surface area contributed by atoms with Gasteiger partial charge in [-0.1, -0.05) is 35.4 Å². The fourth-order valence-electron chi connectivity index (χ4n) is 2.59. The summed E-state index contributed by atoms with van der Waals surface area (Å²) in [5.74, 6) is -0.0107. The summed E-state index contributed by atoms with van der Waals surface area (Å²) in [5.41, 5.74) is 3.10. The number of hydrogen-bond donors (Lipinski definition) is 0. The molecular weight excluding hydrogens is 368 g/mol. The maximum absolute atomic E-state index is 12.2. The van der Waals surface area contributed by atoms with E-state index in [0.717, 1.165) is 11.1 Å². The molecule has 0 bridgehead atoms. The molecule has 0 aliphatic heterocycles. The number of ketones is 1. The summed E-state index contributed by atoms with van der Waals surface area (Å²) in [6.45, 7) is 3.48. The van der Waals surface area contributed by atoms with E-state index in [2.05, 4.69) is 0 Å². The molecule has 0 fully saturated rings. The molecule has 0 saturated heterocycles. The van der Waals surface area contributed by atoms with Gasteiger partial charge >= 0.3 is 5.97 Å². The van der Waals surface area contributed by atoms with Crippen LogP contribution in [0.1, 0.15) is 27.0 Å². The second kappa shape index (κ2) is 9.24. The first kappa shape index (κ1) is 20.5. The molecule has 0 unspecified atom stereocenters. The Kier molecular flexibility index (Phi) is 7.02. The number of benzene rings is 2. The van der Waals surface area contributed by atoms with E-state index in [1.807, 2.05) is 26.0 Å². The molecule has 2 rings (SSSR count). The van der Waals surface area contributed by atoms with Crippen molar-refractivity contribution in [1.82, 2.24) is 0 Å². The molecule has 0 amide bonds. The van der Waals surface area contributed by atoms with E-state index in [4.69, 9.17) is 25.8 Å². The summed E-state index contributed by atoms with van der Waals surface area (Å²) in [7, 11) is 2.98. The summed E-state index contributed by atoms with van der Waals surface area (Å²) in [4.78, 5) is 24.1. The van der Waals surface area contributed by atoms with Crippen LogP contribution in [0.4, 0.5) is 0 Å². The van der Waals surface area contributed by atoms with Crippen molar-refractivity contribution in [3.63, 3.8) is 0 Å². The molecule has 0 aliphatic rings. The van der Waals surface area contributed by atoms with E-state index in [9.17, 15) is 9.59 Å². The molecule has 0 heterocycles. The third kappa shape index (κ3) is 5.34. The van der Waals surface area contributed by atoms with Crippen LogP contribution < -0.4 is 9.47 Å². The van der Waals surface area contributed by atoms with Crippen LogP contribution in [0.3, 0.4) is 0 Å². The van der Waals surface area contributed by atoms with Crippen LogP contribution in [0, 0.1) is 13.8 Å². The van der Waals surface area contributed by atoms with E-state index in [0.29, 0.717) is 27.6 Å². The number of carbonyl (C=O) groups excluding carboxylic acids is 2. The molecule has 0 saturated carbocycles. The molecule has 142 valence electrons. The van der Waals surface area contributed by atoms with Crippen LogP contribution in [0.5, 0.6) is 11.5 Å². The van der Waals surface area contributed by atoms with Crippen LogP contribution in [0.25, 0.3) is 6.08 Å². The number of hydrogen-bond acceptors (Lipinski definition) is 5. The highest BCUT2D eigenvalue weighted by Crippen LogP contribution is 2.36. The van der Waals surface area contributed by atoms with Gasteiger partial charge in [0.2, 0.25) is 5.78 Å². The number of methoxy groups -OCH3 is 2. The van der Waals surface area contributed by atoms with Crippen LogP contribution >= 0.6 is 11.6 Å². The molecule has 0 atom stereocenters. The molecule has 2 aromatic carbocycles. The minimum absolute atomic E-state index is 0.247. The van der Waals surface area contributed by atoms with Crippen molar-refractivity contribution in [2.24, 2.45) is 0 Å². The Morgan fingerprint density at radius 2 is 1.81 bits per heavy atom. The Bertz CT molecular complexity index is 886. The number of halogens is 1. The van der Waals surface area contributed by atoms with Gasteiger partial charge in [0.25, 0.3) is 0 Å². The molecule has 0 radical (unpaired) electrons. The number of rotatable bonds is 7. The van der Waals surface area contributed by atoms with E-state index >= 15 is 0 Å². The first-order valence-corrected chi connectivity index (χ1v) is 8.60. The second-order valence-corrected chi connectivity index (χ2v) is 6.33. The number of carbonyl (C=O) groups is 2. The van der Waals surface area contributed by atoms with E-state index in [1.165, 1.54) is 26.4 Å². The highest BCUT2D eigenvalue weighted by molar-refractivity contribution is 6.32. The Labute approximate surface area is 163 Å². The van der Waals surface area contributed by atoms with Crippen molar-refractivity contribution in [2.45, 2.75) is 13.8 Å². The average Bonchev–Trinajstić information content (AvgIpc) is 2.63. The lowest BCUT2D eigenvalue weighted by Crippen LogP contribution is -2.13. The third-order valence-corrected chi connectivity index (χ3v) is 4.18. The van der Waals surface area contributed by atoms with Gasteiger partial charge < -0.3 is 14.2 Å². The monoisotopic (exact) mass is 388 g/mol. The van der Waals surface area contributed by atoms with Crippen molar-refractivity contribution in [1.29, 1.82) is 0 Å². The van der Waals surface area contributed by atoms with Crippen molar-refractivity contribution in [3.8, 4) is 11.5 Å². The summed E-state index contributed by atoms with van der Waals surface area (Å²) in [5, 5.41) is 0.356. The molecule has 2 aromatic rings. The highest BCUT2D eigenvalue weighted by atomic mass is 35.5. The lowest BCUT2D eigenvalue weighted by atomic mass is 10.0. The first-order chi connectivity index (χ1) is 12.8. The second-order valence-electron chi connectivity index (χ2n) is 5.92. The largest absolute Gasteiger partial charge is 0.493 e. The third-order valence-electron chi connectivity index (χ3n) is 3.90. The molecule has 5 nitrogen and oxygen atoms in total. The minimum atomic E-state index is -0.626. The van der Waals surface area contributed by atoms with Gasteiger partial charge in [-0.3, -0.25) is 4.79 Å². The normalized spacial score (nSPS) is 10.7. The maximum Gasteiger partial charge on any atom is 0.331 e. The fraction of sp³-hybridized carbons (Fsp3) is 0.238. The van der Waals surface area contributed by atoms with Gasteiger partial charge in [0.15, 0.2) is 18.1 Å². The summed E-state index contributed by atoms with van der Waals surface area (Å²) < 4.78 is 15.4. The summed E-state index contributed by atoms with van der Waals surface area (Å²) in [6.07, 6.45) is 2.75. The Morgan fingerprint density at radius 3 is 2.44 bits per heavy atom. The molecule has 0 aliphatic carbocycles. The SMILES string of the molecule is COc1cc(/C=C/C(=O)OCC(=O)c2ccc(C)cc2C)cc(Cl)c1OC. The first-order valence-electron chi connectivity index (χ1n) is 8.22. The number of Topliss-reactive ketones (excluding diaryl/α,β-unsaturated/α-hetero) is 1. The van der Waals surface area contributed by atoms with Crippen LogP contribution in [0.15, 0.2) is 36.4 Å². The molecule has 0 spiro atoms. The van der Waals surface area contributed by atoms with Gasteiger partial charge in [0.05, 0.1) is 19.2 Å². The highest BCUT2D eigenvalue weighted by Gasteiger charge is 2.12. The number of esters is 1. The lowest BCUT2D eigenvalue weighted by molar-refractivity contribution is -0.136. The smallest absolute Gasteiger partial charge is 0.331 e. The quantitative estimate of drug-likeness (QED) is 0.399. The Morgan fingerprint density at radius 1 is 1.07 bits per heavy atom. The van der Waals surface area contributed by atoms with E-state index < -0.39 is 5.97 Å². The lowest BCUT2D eigenvalue weighted by Gasteiger charge is -2.10. The van der Waals surface area contributed by atoms with Crippen molar-refractivity contribution < 1.29 is 23.8 Å². The zero-order valence-corrected chi connectivity index (χ0v) is 16.4. The zero-order chi connectivity index (χ0) is 20.0. The fourth-order valence-corrected chi connectivity index (χ4v) is 2.88. The van der Waals surface area contributed by atoms with E-state index in [1.54, 1.807) is 18.2 Å². The minimum Gasteiger partial charge on any atom is -0.493 e. The van der Waals surface area contributed by atoms with Crippen molar-refractivity contribution in [2.75, 3.05) is 20.8 Å². The van der Waals surface area contributed by atoms with Gasteiger partial charge in [-0.2, -0.15) is 0 Å². The average molecular weight is 389 g/mol. The van der Waals surface area contributed by atoms with Gasteiger partial charge in [-0.25, -0.2) is 4.79 Å². The molecular formula is C21H21ClO5. The molecule has 27 heavy (non-hydrogen) atoms. The summed E-state index contributed by atoms with van der Waals surface area (Å²) >= 11 is 6.13. The maximum atomic E-state index is 12.2. The van der Waals surface area contributed by atoms with Crippen molar-refractivity contribution in [3.05, 3.63) is 63.7 Å². The van der Waals surface area contributed by atoms with Gasteiger partial charge in [0, 0.05) is 11.6 Å². The molecule has 0 N–H and O–H groups in total. The molecule has 6 heteroatoms. The van der Waals surface area contributed by atoms with Crippen LogP contribution in [0.2, 0.25) is 5.02 Å². The Balaban J connectivity index is 2.01. The Hall–Kier alpha value is -2.79. The van der Waals surface area contributed by atoms with E-state index in [-0.39, 0.29) is 12.4 Å². The van der Waals surface area contributed by atoms with Gasteiger partial charge in [0.1, 0.15) is 0 Å². The van der Waals surface area contributed by atoms with Gasteiger partial charge in [-0.15, -0.1) is 0 Å². The van der Waals surface area contributed by atoms with Gasteiger partial charge in [-0.05, 0) is 43.2 Å². The number of aryl methyl sites for hydroxylation is 2. The predicted molar refractivity (Wildman–Crippen MR) is 105 cm³/mol. The zero-order valence-electron chi connectivity index (χ0n) is 15.7. The summed E-state index contributed by atoms with van der Waals surface area (Å²) in [6, 6.07) is 8.81. The topological polar surface area (TPSA) is 61.8 Å². The van der Waals surface area contributed by atoms with Crippen LogP contribution in [-0.4, -0.2) is 32.6 Å².